The zero-order chi connectivity index (χ0) is 21.5. The Morgan fingerprint density at radius 3 is 2.37 bits per heavy atom. The van der Waals surface area contributed by atoms with Crippen LogP contribution >= 0.6 is 0 Å². The van der Waals surface area contributed by atoms with Crippen molar-refractivity contribution in [3.63, 3.8) is 0 Å². The summed E-state index contributed by atoms with van der Waals surface area (Å²) in [5, 5.41) is 2.59. The van der Waals surface area contributed by atoms with E-state index in [9.17, 15) is 14.0 Å². The smallest absolute Gasteiger partial charge is 0.254 e. The Labute approximate surface area is 175 Å². The third-order valence-electron chi connectivity index (χ3n) is 5.09. The zero-order valence-electron chi connectivity index (χ0n) is 17.2. The monoisotopic (exact) mass is 415 g/mol. The number of carbonyl (C=O) groups is 2. The normalized spacial score (nSPS) is 14.3. The summed E-state index contributed by atoms with van der Waals surface area (Å²) in [6.07, 6.45) is 0.262. The summed E-state index contributed by atoms with van der Waals surface area (Å²) < 4.78 is 24.1. The highest BCUT2D eigenvalue weighted by Crippen LogP contribution is 2.28. The standard InChI is InChI=1S/C22H26FN3O4/c1-29-19-8-7-16(15-20(19)30-2)22(28)26-13-11-25(12-14-26)10-9-21(27)24-18-6-4-3-5-17(18)23/h3-8,15H,9-14H2,1-2H3,(H,24,27). The summed E-state index contributed by atoms with van der Waals surface area (Å²) in [6.45, 7) is 3.04. The number of methoxy groups -OCH3 is 2. The Hall–Kier alpha value is -3.13. The number of amides is 2. The van der Waals surface area contributed by atoms with Crippen molar-refractivity contribution in [3.05, 3.63) is 53.8 Å². The number of ether oxygens (including phenoxy) is 2. The van der Waals surface area contributed by atoms with Crippen molar-refractivity contribution in [2.75, 3.05) is 52.3 Å². The number of para-hydroxylation sites is 1. The summed E-state index contributed by atoms with van der Waals surface area (Å²) in [7, 11) is 3.09. The van der Waals surface area contributed by atoms with Gasteiger partial charge >= 0.3 is 0 Å². The zero-order valence-corrected chi connectivity index (χ0v) is 17.2. The van der Waals surface area contributed by atoms with Crippen LogP contribution in [0.25, 0.3) is 0 Å². The van der Waals surface area contributed by atoms with Gasteiger partial charge in [-0.3, -0.25) is 14.5 Å². The van der Waals surface area contributed by atoms with Gasteiger partial charge in [-0.15, -0.1) is 0 Å². The molecule has 0 aliphatic carbocycles. The van der Waals surface area contributed by atoms with E-state index in [0.29, 0.717) is 49.8 Å². The van der Waals surface area contributed by atoms with E-state index in [0.717, 1.165) is 0 Å². The fourth-order valence-electron chi connectivity index (χ4n) is 3.36. The van der Waals surface area contributed by atoms with Gasteiger partial charge in [0.05, 0.1) is 19.9 Å². The van der Waals surface area contributed by atoms with E-state index in [-0.39, 0.29) is 23.9 Å². The van der Waals surface area contributed by atoms with E-state index in [1.165, 1.54) is 19.2 Å². The predicted octanol–water partition coefficient (Wildman–Crippen LogP) is 2.63. The molecule has 1 saturated heterocycles. The molecule has 0 atom stereocenters. The summed E-state index contributed by atoms with van der Waals surface area (Å²) in [5.74, 6) is 0.348. The Kier molecular flexibility index (Phi) is 7.24. The molecule has 1 fully saturated rings. The van der Waals surface area contributed by atoms with Crippen LogP contribution in [0.1, 0.15) is 16.8 Å². The van der Waals surface area contributed by atoms with Crippen LogP contribution in [0.5, 0.6) is 11.5 Å². The number of carbonyl (C=O) groups excluding carboxylic acids is 2. The van der Waals surface area contributed by atoms with Crippen molar-refractivity contribution < 1.29 is 23.5 Å². The lowest BCUT2D eigenvalue weighted by Gasteiger charge is -2.34. The lowest BCUT2D eigenvalue weighted by molar-refractivity contribution is -0.116. The highest BCUT2D eigenvalue weighted by molar-refractivity contribution is 5.95. The van der Waals surface area contributed by atoms with Crippen molar-refractivity contribution in [2.45, 2.75) is 6.42 Å². The molecular weight excluding hydrogens is 389 g/mol. The second-order valence-corrected chi connectivity index (χ2v) is 6.98. The van der Waals surface area contributed by atoms with Gasteiger partial charge in [0.1, 0.15) is 5.82 Å². The molecule has 2 aromatic rings. The molecule has 0 aromatic heterocycles. The van der Waals surface area contributed by atoms with Crippen LogP contribution in [0.3, 0.4) is 0 Å². The van der Waals surface area contributed by atoms with Crippen LogP contribution in [0.15, 0.2) is 42.5 Å². The highest BCUT2D eigenvalue weighted by Gasteiger charge is 2.23. The predicted molar refractivity (Wildman–Crippen MR) is 112 cm³/mol. The maximum Gasteiger partial charge on any atom is 0.254 e. The van der Waals surface area contributed by atoms with Crippen molar-refractivity contribution >= 4 is 17.5 Å². The molecule has 1 aliphatic heterocycles. The van der Waals surface area contributed by atoms with Crippen molar-refractivity contribution in [3.8, 4) is 11.5 Å². The molecule has 0 radical (unpaired) electrons. The van der Waals surface area contributed by atoms with Gasteiger partial charge < -0.3 is 19.7 Å². The fraction of sp³-hybridized carbons (Fsp3) is 0.364. The minimum atomic E-state index is -0.451. The molecule has 7 nitrogen and oxygen atoms in total. The Morgan fingerprint density at radius 1 is 1.00 bits per heavy atom. The molecule has 30 heavy (non-hydrogen) atoms. The number of hydrogen-bond donors (Lipinski definition) is 1. The average molecular weight is 415 g/mol. The molecule has 2 aromatic carbocycles. The third-order valence-corrected chi connectivity index (χ3v) is 5.09. The quantitative estimate of drug-likeness (QED) is 0.753. The summed E-state index contributed by atoms with van der Waals surface area (Å²) in [6, 6.07) is 11.2. The Balaban J connectivity index is 1.47. The van der Waals surface area contributed by atoms with Crippen molar-refractivity contribution in [1.82, 2.24) is 9.80 Å². The first-order valence-corrected chi connectivity index (χ1v) is 9.80. The molecular formula is C22H26FN3O4. The van der Waals surface area contributed by atoms with Gasteiger partial charge in [0.25, 0.3) is 5.91 Å². The van der Waals surface area contributed by atoms with Gasteiger partial charge in [0.15, 0.2) is 11.5 Å². The SMILES string of the molecule is COc1ccc(C(=O)N2CCN(CCC(=O)Nc3ccccc3F)CC2)cc1OC. The molecule has 2 amide bonds. The van der Waals surface area contributed by atoms with E-state index >= 15 is 0 Å². The summed E-state index contributed by atoms with van der Waals surface area (Å²) in [5.41, 5.74) is 0.734. The lowest BCUT2D eigenvalue weighted by atomic mass is 10.1. The molecule has 0 unspecified atom stereocenters. The van der Waals surface area contributed by atoms with Crippen molar-refractivity contribution in [1.29, 1.82) is 0 Å². The van der Waals surface area contributed by atoms with Gasteiger partial charge in [-0.1, -0.05) is 12.1 Å². The second-order valence-electron chi connectivity index (χ2n) is 6.98. The number of nitrogens with zero attached hydrogens (tertiary/aromatic N) is 2. The van der Waals surface area contributed by atoms with E-state index in [2.05, 4.69) is 10.2 Å². The van der Waals surface area contributed by atoms with Gasteiger partial charge in [-0.25, -0.2) is 4.39 Å². The van der Waals surface area contributed by atoms with E-state index in [1.807, 2.05) is 0 Å². The van der Waals surface area contributed by atoms with Crippen LogP contribution in [-0.4, -0.2) is 68.6 Å². The number of piperazine rings is 1. The first-order valence-electron chi connectivity index (χ1n) is 9.80. The number of hydrogen-bond acceptors (Lipinski definition) is 5. The lowest BCUT2D eigenvalue weighted by Crippen LogP contribution is -2.49. The van der Waals surface area contributed by atoms with E-state index in [1.54, 1.807) is 42.3 Å². The maximum atomic E-state index is 13.6. The maximum absolute atomic E-state index is 13.6. The van der Waals surface area contributed by atoms with Crippen molar-refractivity contribution in [2.24, 2.45) is 0 Å². The van der Waals surface area contributed by atoms with Crippen LogP contribution < -0.4 is 14.8 Å². The van der Waals surface area contributed by atoms with E-state index < -0.39 is 5.82 Å². The second kappa shape index (κ2) is 10.1. The molecule has 0 spiro atoms. The Morgan fingerprint density at radius 2 is 1.70 bits per heavy atom. The van der Waals surface area contributed by atoms with Gasteiger partial charge in [-0.05, 0) is 30.3 Å². The fourth-order valence-corrected chi connectivity index (χ4v) is 3.36. The van der Waals surface area contributed by atoms with Crippen LogP contribution in [-0.2, 0) is 4.79 Å². The number of anilines is 1. The topological polar surface area (TPSA) is 71.1 Å². The van der Waals surface area contributed by atoms with Crippen LogP contribution in [0.2, 0.25) is 0 Å². The molecule has 160 valence electrons. The number of benzene rings is 2. The first-order chi connectivity index (χ1) is 14.5. The highest BCUT2D eigenvalue weighted by atomic mass is 19.1. The number of nitrogens with one attached hydrogen (secondary N) is 1. The third kappa shape index (κ3) is 5.27. The van der Waals surface area contributed by atoms with Crippen LogP contribution in [0.4, 0.5) is 10.1 Å². The number of rotatable bonds is 7. The molecule has 3 rings (SSSR count). The molecule has 8 heteroatoms. The van der Waals surface area contributed by atoms with Gasteiger partial charge in [-0.2, -0.15) is 0 Å². The summed E-state index contributed by atoms with van der Waals surface area (Å²) in [4.78, 5) is 28.8. The molecule has 0 saturated carbocycles. The molecule has 1 heterocycles. The van der Waals surface area contributed by atoms with Gasteiger partial charge in [0.2, 0.25) is 5.91 Å². The average Bonchev–Trinajstić information content (AvgIpc) is 2.78. The Bertz CT molecular complexity index is 898. The minimum absolute atomic E-state index is 0.0621. The minimum Gasteiger partial charge on any atom is -0.493 e. The van der Waals surface area contributed by atoms with Crippen LogP contribution in [0, 0.1) is 5.82 Å². The van der Waals surface area contributed by atoms with E-state index in [4.69, 9.17) is 9.47 Å². The molecule has 1 N–H and O–H groups in total. The molecule has 0 bridgehead atoms. The summed E-state index contributed by atoms with van der Waals surface area (Å²) >= 11 is 0. The number of halogens is 1. The molecule has 1 aliphatic rings. The van der Waals surface area contributed by atoms with Gasteiger partial charge in [0, 0.05) is 44.7 Å². The first kappa shape index (κ1) is 21.6. The largest absolute Gasteiger partial charge is 0.493 e.